The van der Waals surface area contributed by atoms with Gasteiger partial charge in [0, 0.05) is 38.9 Å². The number of methoxy groups -OCH3 is 1. The van der Waals surface area contributed by atoms with Gasteiger partial charge in [0.2, 0.25) is 10.0 Å². The highest BCUT2D eigenvalue weighted by atomic mass is 32.2. The van der Waals surface area contributed by atoms with Crippen molar-refractivity contribution in [2.45, 2.75) is 32.3 Å². The SMILES string of the molecule is COCc1cccc(C(=O)N2CCN(S(=O)(=O)c3c(C)cc(C)cc3C)CC2)c1. The van der Waals surface area contributed by atoms with Gasteiger partial charge in [0.25, 0.3) is 5.91 Å². The van der Waals surface area contributed by atoms with E-state index in [4.69, 9.17) is 4.74 Å². The number of carbonyl (C=O) groups is 1. The van der Waals surface area contributed by atoms with Gasteiger partial charge in [-0.05, 0) is 49.6 Å². The highest BCUT2D eigenvalue weighted by molar-refractivity contribution is 7.89. The summed E-state index contributed by atoms with van der Waals surface area (Å²) >= 11 is 0. The first-order valence-electron chi connectivity index (χ1n) is 9.69. The van der Waals surface area contributed by atoms with Gasteiger partial charge in [-0.25, -0.2) is 8.42 Å². The Kier molecular flexibility index (Phi) is 6.41. The molecule has 1 saturated heterocycles. The van der Waals surface area contributed by atoms with Gasteiger partial charge in [-0.3, -0.25) is 4.79 Å². The molecule has 0 aliphatic carbocycles. The van der Waals surface area contributed by atoms with Gasteiger partial charge in [-0.2, -0.15) is 4.31 Å². The second kappa shape index (κ2) is 8.65. The van der Waals surface area contributed by atoms with Crippen LogP contribution in [0.1, 0.15) is 32.6 Å². The molecule has 2 aromatic rings. The van der Waals surface area contributed by atoms with Crippen molar-refractivity contribution in [2.24, 2.45) is 0 Å². The van der Waals surface area contributed by atoms with Crippen molar-refractivity contribution in [1.29, 1.82) is 0 Å². The van der Waals surface area contributed by atoms with Gasteiger partial charge in [0.15, 0.2) is 0 Å². The quantitative estimate of drug-likeness (QED) is 0.752. The van der Waals surface area contributed by atoms with Gasteiger partial charge in [-0.1, -0.05) is 29.8 Å². The van der Waals surface area contributed by atoms with Crippen molar-refractivity contribution >= 4 is 15.9 Å². The van der Waals surface area contributed by atoms with Crippen LogP contribution in [0.3, 0.4) is 0 Å². The molecule has 156 valence electrons. The normalized spacial score (nSPS) is 15.5. The molecule has 3 rings (SSSR count). The fourth-order valence-electron chi connectivity index (χ4n) is 3.98. The highest BCUT2D eigenvalue weighted by Gasteiger charge is 2.32. The van der Waals surface area contributed by atoms with Crippen LogP contribution in [0.2, 0.25) is 0 Å². The van der Waals surface area contributed by atoms with E-state index < -0.39 is 10.0 Å². The van der Waals surface area contributed by atoms with Gasteiger partial charge in [-0.15, -0.1) is 0 Å². The van der Waals surface area contributed by atoms with E-state index in [1.165, 1.54) is 4.31 Å². The Morgan fingerprint density at radius 3 is 2.21 bits per heavy atom. The lowest BCUT2D eigenvalue weighted by atomic mass is 10.1. The Morgan fingerprint density at radius 1 is 1.00 bits per heavy atom. The lowest BCUT2D eigenvalue weighted by Crippen LogP contribution is -2.50. The number of nitrogens with zero attached hydrogens (tertiary/aromatic N) is 2. The molecule has 7 heteroatoms. The first-order valence-corrected chi connectivity index (χ1v) is 11.1. The number of amides is 1. The number of sulfonamides is 1. The molecule has 1 aliphatic heterocycles. The van der Waals surface area contributed by atoms with Gasteiger partial charge < -0.3 is 9.64 Å². The number of hydrogen-bond donors (Lipinski definition) is 0. The maximum Gasteiger partial charge on any atom is 0.253 e. The average molecular weight is 417 g/mol. The molecule has 1 fully saturated rings. The van der Waals surface area contributed by atoms with E-state index in [9.17, 15) is 13.2 Å². The van der Waals surface area contributed by atoms with E-state index in [-0.39, 0.29) is 5.91 Å². The zero-order valence-electron chi connectivity index (χ0n) is 17.4. The summed E-state index contributed by atoms with van der Waals surface area (Å²) < 4.78 is 33.0. The van der Waals surface area contributed by atoms with Gasteiger partial charge >= 0.3 is 0 Å². The van der Waals surface area contributed by atoms with Crippen LogP contribution in [0.4, 0.5) is 0 Å². The molecule has 0 atom stereocenters. The van der Waals surface area contributed by atoms with E-state index in [0.717, 1.165) is 22.3 Å². The fraction of sp³-hybridized carbons (Fsp3) is 0.409. The summed E-state index contributed by atoms with van der Waals surface area (Å²) in [5.74, 6) is -0.0808. The third-order valence-corrected chi connectivity index (χ3v) is 7.42. The smallest absolute Gasteiger partial charge is 0.253 e. The van der Waals surface area contributed by atoms with Crippen LogP contribution in [-0.4, -0.2) is 56.8 Å². The molecule has 1 aliphatic rings. The Hall–Kier alpha value is -2.22. The topological polar surface area (TPSA) is 66.9 Å². The van der Waals surface area contributed by atoms with Crippen molar-refractivity contribution in [3.8, 4) is 0 Å². The third-order valence-electron chi connectivity index (χ3n) is 5.21. The molecule has 0 N–H and O–H groups in total. The molecule has 0 unspecified atom stereocenters. The Labute approximate surface area is 173 Å². The second-order valence-electron chi connectivity index (χ2n) is 7.56. The number of carbonyl (C=O) groups excluding carboxylic acids is 1. The Morgan fingerprint density at radius 2 is 1.62 bits per heavy atom. The number of benzene rings is 2. The van der Waals surface area contributed by atoms with Crippen molar-refractivity contribution in [1.82, 2.24) is 9.21 Å². The Balaban J connectivity index is 1.73. The molecule has 1 heterocycles. The molecule has 6 nitrogen and oxygen atoms in total. The molecule has 0 radical (unpaired) electrons. The third kappa shape index (κ3) is 4.52. The lowest BCUT2D eigenvalue weighted by molar-refractivity contribution is 0.0697. The van der Waals surface area contributed by atoms with Crippen molar-refractivity contribution in [3.05, 3.63) is 64.2 Å². The Bertz CT molecular complexity index is 986. The lowest BCUT2D eigenvalue weighted by Gasteiger charge is -2.34. The summed E-state index contributed by atoms with van der Waals surface area (Å²) in [6.45, 7) is 7.40. The maximum absolute atomic E-state index is 13.2. The minimum atomic E-state index is -3.59. The predicted octanol–water partition coefficient (Wildman–Crippen LogP) is 2.90. The van der Waals surface area contributed by atoms with Crippen LogP contribution in [0.15, 0.2) is 41.3 Å². The molecule has 2 aromatic carbocycles. The van der Waals surface area contributed by atoms with Crippen molar-refractivity contribution in [3.63, 3.8) is 0 Å². The number of hydrogen-bond acceptors (Lipinski definition) is 4. The molecule has 0 bridgehead atoms. The zero-order chi connectivity index (χ0) is 21.2. The summed E-state index contributed by atoms with van der Waals surface area (Å²) in [5, 5.41) is 0. The monoisotopic (exact) mass is 416 g/mol. The molecular formula is C22H28N2O4S. The van der Waals surface area contributed by atoms with E-state index in [0.29, 0.717) is 43.2 Å². The van der Waals surface area contributed by atoms with Crippen LogP contribution in [0.5, 0.6) is 0 Å². The molecule has 0 aromatic heterocycles. The molecule has 0 spiro atoms. The minimum Gasteiger partial charge on any atom is -0.380 e. The van der Waals surface area contributed by atoms with Crippen molar-refractivity contribution in [2.75, 3.05) is 33.3 Å². The molecular weight excluding hydrogens is 388 g/mol. The predicted molar refractivity (Wildman–Crippen MR) is 112 cm³/mol. The van der Waals surface area contributed by atoms with E-state index in [1.807, 2.05) is 51.1 Å². The fourth-order valence-corrected chi connectivity index (χ4v) is 5.81. The first-order chi connectivity index (χ1) is 13.7. The minimum absolute atomic E-state index is 0.0808. The maximum atomic E-state index is 13.2. The van der Waals surface area contributed by atoms with E-state index >= 15 is 0 Å². The number of rotatable bonds is 5. The van der Waals surface area contributed by atoms with Gasteiger partial charge in [0.1, 0.15) is 0 Å². The number of aryl methyl sites for hydroxylation is 3. The van der Waals surface area contributed by atoms with Crippen LogP contribution in [0.25, 0.3) is 0 Å². The first kappa shape index (κ1) is 21.5. The van der Waals surface area contributed by atoms with Crippen LogP contribution < -0.4 is 0 Å². The van der Waals surface area contributed by atoms with Crippen molar-refractivity contribution < 1.29 is 17.9 Å². The molecule has 29 heavy (non-hydrogen) atoms. The number of ether oxygens (including phenoxy) is 1. The highest BCUT2D eigenvalue weighted by Crippen LogP contribution is 2.26. The van der Waals surface area contributed by atoms with E-state index in [2.05, 4.69) is 0 Å². The largest absolute Gasteiger partial charge is 0.380 e. The summed E-state index contributed by atoms with van der Waals surface area (Å²) in [7, 11) is -1.97. The van der Waals surface area contributed by atoms with Crippen LogP contribution in [-0.2, 0) is 21.4 Å². The van der Waals surface area contributed by atoms with E-state index in [1.54, 1.807) is 18.1 Å². The summed E-state index contributed by atoms with van der Waals surface area (Å²) in [6, 6.07) is 11.2. The second-order valence-corrected chi connectivity index (χ2v) is 9.43. The molecule has 0 saturated carbocycles. The summed E-state index contributed by atoms with van der Waals surface area (Å²) in [6.07, 6.45) is 0. The van der Waals surface area contributed by atoms with Gasteiger partial charge in [0.05, 0.1) is 11.5 Å². The zero-order valence-corrected chi connectivity index (χ0v) is 18.3. The van der Waals surface area contributed by atoms with Crippen LogP contribution >= 0.6 is 0 Å². The van der Waals surface area contributed by atoms with Crippen LogP contribution in [0, 0.1) is 20.8 Å². The summed E-state index contributed by atoms with van der Waals surface area (Å²) in [4.78, 5) is 14.9. The standard InChI is InChI=1S/C22H28N2O4S/c1-16-12-17(2)21(18(3)13-16)29(26,27)24-10-8-23(9-11-24)22(25)20-7-5-6-19(14-20)15-28-4/h5-7,12-14H,8-11,15H2,1-4H3. The number of piperazine rings is 1. The summed E-state index contributed by atoms with van der Waals surface area (Å²) in [5.41, 5.74) is 4.10. The molecule has 1 amide bonds. The average Bonchev–Trinajstić information content (AvgIpc) is 2.67.